The second-order valence-corrected chi connectivity index (χ2v) is 9.98. The first-order chi connectivity index (χ1) is 18.1. The number of allylic oxidation sites excluding steroid dienone is 1. The molecule has 1 aliphatic heterocycles. The van der Waals surface area contributed by atoms with Crippen LogP contribution in [0, 0.1) is 0 Å². The van der Waals surface area contributed by atoms with Crippen molar-refractivity contribution in [2.24, 2.45) is 5.73 Å². The summed E-state index contributed by atoms with van der Waals surface area (Å²) in [5.74, 6) is 0.395. The van der Waals surface area contributed by atoms with E-state index in [0.717, 1.165) is 48.6 Å². The molecular weight excluding hydrogens is 496 g/mol. The summed E-state index contributed by atoms with van der Waals surface area (Å²) in [5.41, 5.74) is 10.3. The zero-order valence-corrected chi connectivity index (χ0v) is 23.5. The van der Waals surface area contributed by atoms with E-state index in [0.29, 0.717) is 22.8 Å². The van der Waals surface area contributed by atoms with E-state index in [9.17, 15) is 9.90 Å². The van der Waals surface area contributed by atoms with Crippen LogP contribution in [-0.4, -0.2) is 52.8 Å². The predicted molar refractivity (Wildman–Crippen MR) is 159 cm³/mol. The molecule has 0 saturated heterocycles. The Hall–Kier alpha value is -3.62. The van der Waals surface area contributed by atoms with E-state index >= 15 is 0 Å². The Morgan fingerprint density at radius 3 is 2.37 bits per heavy atom. The third kappa shape index (κ3) is 5.06. The fourth-order valence-electron chi connectivity index (χ4n) is 5.42. The average Bonchev–Trinajstić information content (AvgIpc) is 2.88. The highest BCUT2D eigenvalue weighted by Gasteiger charge is 2.35. The minimum atomic E-state index is -1.01. The van der Waals surface area contributed by atoms with Crippen LogP contribution in [0.4, 0.5) is 11.4 Å². The Kier molecular flexibility index (Phi) is 7.94. The summed E-state index contributed by atoms with van der Waals surface area (Å²) in [4.78, 5) is 17.0. The summed E-state index contributed by atoms with van der Waals surface area (Å²) < 4.78 is 6.59. The van der Waals surface area contributed by atoms with E-state index in [-0.39, 0.29) is 16.2 Å². The quantitative estimate of drug-likeness (QED) is 0.358. The number of benzene rings is 2. The Morgan fingerprint density at radius 1 is 1.05 bits per heavy atom. The molecule has 0 spiro atoms. The molecule has 200 valence electrons. The maximum absolute atomic E-state index is 12.4. The van der Waals surface area contributed by atoms with Gasteiger partial charge in [-0.2, -0.15) is 0 Å². The van der Waals surface area contributed by atoms with Gasteiger partial charge in [0.25, 0.3) is 0 Å². The maximum Gasteiger partial charge on any atom is 0.336 e. The number of nitrogens with zero attached hydrogens (tertiary/aromatic N) is 2. The number of carbonyl (C=O) groups is 1. The second-order valence-electron chi connectivity index (χ2n) is 9.54. The molecule has 1 atom stereocenters. The molecule has 1 heterocycles. The molecular formula is C30H36N4O3S. The molecule has 0 saturated carbocycles. The minimum absolute atomic E-state index is 0.112. The van der Waals surface area contributed by atoms with Crippen molar-refractivity contribution in [1.82, 2.24) is 4.90 Å². The van der Waals surface area contributed by atoms with Crippen molar-refractivity contribution in [2.75, 3.05) is 36.4 Å². The largest absolute Gasteiger partial charge is 0.478 e. The van der Waals surface area contributed by atoms with Crippen LogP contribution in [0.2, 0.25) is 0 Å². The SMILES string of the molecule is CCN(CC)c1ccc2c(c1)OC1=CC(C)(N(CC)CC)C=CC1=C2c1cc(NC(N)=S)ccc1C(=O)O. The number of aromatic carboxylic acids is 1. The minimum Gasteiger partial charge on any atom is -0.478 e. The number of nitrogens with two attached hydrogens (primary N) is 1. The molecule has 38 heavy (non-hydrogen) atoms. The van der Waals surface area contributed by atoms with Crippen molar-refractivity contribution >= 4 is 40.2 Å². The van der Waals surface area contributed by atoms with E-state index in [4.69, 9.17) is 22.7 Å². The van der Waals surface area contributed by atoms with Crippen molar-refractivity contribution in [3.05, 3.63) is 82.6 Å². The lowest BCUT2D eigenvalue weighted by Crippen LogP contribution is -2.44. The molecule has 0 fully saturated rings. The molecule has 4 N–H and O–H groups in total. The number of carboxylic acids is 1. The first-order valence-corrected chi connectivity index (χ1v) is 13.5. The van der Waals surface area contributed by atoms with Crippen LogP contribution in [0.3, 0.4) is 0 Å². The first-order valence-electron chi connectivity index (χ1n) is 13.1. The van der Waals surface area contributed by atoms with Gasteiger partial charge in [-0.05, 0) is 88.0 Å². The van der Waals surface area contributed by atoms with Crippen LogP contribution in [-0.2, 0) is 0 Å². The average molecular weight is 533 g/mol. The molecule has 4 rings (SSSR count). The van der Waals surface area contributed by atoms with Gasteiger partial charge in [-0.3, -0.25) is 4.90 Å². The van der Waals surface area contributed by atoms with E-state index in [2.05, 4.69) is 74.0 Å². The number of likely N-dealkylation sites (N-methyl/N-ethyl adjacent to an activating group) is 1. The number of ether oxygens (including phenoxy) is 1. The predicted octanol–water partition coefficient (Wildman–Crippen LogP) is 5.64. The monoisotopic (exact) mass is 532 g/mol. The standard InChI is InChI=1S/C30H36N4O3S/c1-6-33(7-2)20-11-13-22-25(17-20)37-26-18-30(5,34(8-3)9-4)15-14-23(26)27(22)24-16-19(32-29(31)38)10-12-21(24)28(35)36/h10-18H,6-9H2,1-5H3,(H,35,36)(H3,31,32,38). The van der Waals surface area contributed by atoms with Gasteiger partial charge in [0.05, 0.1) is 11.1 Å². The summed E-state index contributed by atoms with van der Waals surface area (Å²) in [6.07, 6.45) is 6.36. The molecule has 0 amide bonds. The van der Waals surface area contributed by atoms with Gasteiger partial charge in [-0.25, -0.2) is 4.79 Å². The third-order valence-corrected chi connectivity index (χ3v) is 7.46. The molecule has 1 unspecified atom stereocenters. The molecule has 2 aliphatic rings. The number of thiocarbonyl (C=S) groups is 1. The Labute approximate surface area is 230 Å². The Bertz CT molecular complexity index is 1360. The van der Waals surface area contributed by atoms with Crippen molar-refractivity contribution in [1.29, 1.82) is 0 Å². The van der Waals surface area contributed by atoms with Crippen LogP contribution in [0.5, 0.6) is 5.75 Å². The highest BCUT2D eigenvalue weighted by atomic mass is 32.1. The lowest BCUT2D eigenvalue weighted by molar-refractivity contribution is 0.0696. The van der Waals surface area contributed by atoms with Gasteiger partial charge < -0.3 is 25.8 Å². The third-order valence-electron chi connectivity index (χ3n) is 7.36. The van der Waals surface area contributed by atoms with Crippen LogP contribution < -0.4 is 20.7 Å². The molecule has 0 bridgehead atoms. The first kappa shape index (κ1) is 27.4. The summed E-state index contributed by atoms with van der Waals surface area (Å²) in [7, 11) is 0. The van der Waals surface area contributed by atoms with Gasteiger partial charge in [0.15, 0.2) is 5.11 Å². The number of nitrogens with one attached hydrogen (secondary N) is 1. The zero-order chi connectivity index (χ0) is 27.6. The van der Waals surface area contributed by atoms with Crippen molar-refractivity contribution in [2.45, 2.75) is 40.2 Å². The van der Waals surface area contributed by atoms with Crippen molar-refractivity contribution < 1.29 is 14.6 Å². The van der Waals surface area contributed by atoms with Gasteiger partial charge in [0.1, 0.15) is 11.5 Å². The maximum atomic E-state index is 12.4. The molecule has 8 heteroatoms. The molecule has 0 aromatic heterocycles. The summed E-state index contributed by atoms with van der Waals surface area (Å²) in [6, 6.07) is 11.2. The van der Waals surface area contributed by atoms with Crippen molar-refractivity contribution in [3.63, 3.8) is 0 Å². The van der Waals surface area contributed by atoms with Gasteiger partial charge in [-0.15, -0.1) is 0 Å². The van der Waals surface area contributed by atoms with Gasteiger partial charge >= 0.3 is 5.97 Å². The van der Waals surface area contributed by atoms with Crippen LogP contribution in [0.15, 0.2) is 66.0 Å². The number of rotatable bonds is 9. The van der Waals surface area contributed by atoms with Crippen molar-refractivity contribution in [3.8, 4) is 5.75 Å². The normalized spacial score (nSPS) is 17.9. The molecule has 2 aromatic rings. The second kappa shape index (κ2) is 11.0. The van der Waals surface area contributed by atoms with Crippen LogP contribution in [0.25, 0.3) is 5.57 Å². The van der Waals surface area contributed by atoms with Crippen LogP contribution >= 0.6 is 12.2 Å². The van der Waals surface area contributed by atoms with Crippen LogP contribution in [0.1, 0.15) is 56.1 Å². The molecule has 2 aromatic carbocycles. The zero-order valence-electron chi connectivity index (χ0n) is 22.7. The smallest absolute Gasteiger partial charge is 0.336 e. The number of anilines is 2. The fraction of sp³-hybridized carbons (Fsp3) is 0.333. The van der Waals surface area contributed by atoms with E-state index in [1.54, 1.807) is 18.2 Å². The number of hydrogen-bond acceptors (Lipinski definition) is 5. The topological polar surface area (TPSA) is 91.1 Å². The summed E-state index contributed by atoms with van der Waals surface area (Å²) in [5, 5.41) is 13.2. The Morgan fingerprint density at radius 2 is 1.76 bits per heavy atom. The summed E-state index contributed by atoms with van der Waals surface area (Å²) in [6.45, 7) is 14.2. The lowest BCUT2D eigenvalue weighted by atomic mass is 9.82. The van der Waals surface area contributed by atoms with E-state index < -0.39 is 5.97 Å². The number of carboxylic acid groups (broad SMARTS) is 1. The highest BCUT2D eigenvalue weighted by Crippen LogP contribution is 2.47. The molecule has 0 radical (unpaired) electrons. The summed E-state index contributed by atoms with van der Waals surface area (Å²) >= 11 is 5.04. The van der Waals surface area contributed by atoms with E-state index in [1.165, 1.54) is 0 Å². The van der Waals surface area contributed by atoms with E-state index in [1.807, 2.05) is 12.1 Å². The molecule has 1 aliphatic carbocycles. The van der Waals surface area contributed by atoms with Gasteiger partial charge in [0, 0.05) is 47.2 Å². The van der Waals surface area contributed by atoms with Gasteiger partial charge in [-0.1, -0.05) is 26.0 Å². The lowest BCUT2D eigenvalue weighted by Gasteiger charge is -2.39. The number of hydrogen-bond donors (Lipinski definition) is 3. The Balaban J connectivity index is 2.01. The number of fused-ring (bicyclic) bond motifs is 2. The molecule has 7 nitrogen and oxygen atoms in total. The highest BCUT2D eigenvalue weighted by molar-refractivity contribution is 7.80. The fourth-order valence-corrected chi connectivity index (χ4v) is 5.53. The van der Waals surface area contributed by atoms with Gasteiger partial charge in [0.2, 0.25) is 0 Å².